The van der Waals surface area contributed by atoms with Crippen LogP contribution in [-0.4, -0.2) is 33.5 Å². The lowest BCUT2D eigenvalue weighted by atomic mass is 9.93. The van der Waals surface area contributed by atoms with Crippen LogP contribution in [0.1, 0.15) is 0 Å². The highest BCUT2D eigenvalue weighted by Crippen LogP contribution is 2.58. The van der Waals surface area contributed by atoms with Gasteiger partial charge in [0.05, 0.1) is 39.0 Å². The highest BCUT2D eigenvalue weighted by atomic mass is 32.5. The molecule has 1 spiro atoms. The van der Waals surface area contributed by atoms with Crippen LogP contribution in [-0.2, 0) is 41.7 Å². The fraction of sp³-hybridized carbons (Fsp3) is 0.333. The highest BCUT2D eigenvalue weighted by Gasteiger charge is 2.46. The van der Waals surface area contributed by atoms with Crippen LogP contribution < -0.4 is 15.3 Å². The Bertz CT molecular complexity index is 878. The second kappa shape index (κ2) is 7.66. The zero-order chi connectivity index (χ0) is 19.0. The van der Waals surface area contributed by atoms with E-state index in [1.54, 1.807) is 7.11 Å². The van der Waals surface area contributed by atoms with Crippen molar-refractivity contribution in [1.29, 1.82) is 0 Å². The Hall–Kier alpha value is -0.620. The minimum Gasteiger partial charge on any atom is -0.497 e. The molecular weight excluding hydrogens is 422 g/mol. The molecule has 0 aliphatic carbocycles. The van der Waals surface area contributed by atoms with Gasteiger partial charge in [-0.1, -0.05) is 18.2 Å². The van der Waals surface area contributed by atoms with Gasteiger partial charge in [0.2, 0.25) is 13.0 Å². The van der Waals surface area contributed by atoms with Crippen LogP contribution in [0, 0.1) is 5.41 Å². The van der Waals surface area contributed by atoms with E-state index in [2.05, 4.69) is 0 Å². The first-order valence-electron chi connectivity index (χ1n) is 8.46. The van der Waals surface area contributed by atoms with Gasteiger partial charge in [0.25, 0.3) is 0 Å². The molecular formula is C18H20O5P2S2. The van der Waals surface area contributed by atoms with Crippen LogP contribution in [0.25, 0.3) is 0 Å². The zero-order valence-corrected chi connectivity index (χ0v) is 18.2. The largest absolute Gasteiger partial charge is 0.497 e. The molecule has 4 rings (SSSR count). The van der Waals surface area contributed by atoms with E-state index in [0.29, 0.717) is 26.4 Å². The van der Waals surface area contributed by atoms with E-state index in [-0.39, 0.29) is 5.41 Å². The summed E-state index contributed by atoms with van der Waals surface area (Å²) in [6.07, 6.45) is 0. The summed E-state index contributed by atoms with van der Waals surface area (Å²) in [6.45, 7) is -3.25. The van der Waals surface area contributed by atoms with Crippen LogP contribution >= 0.6 is 13.0 Å². The Balaban J connectivity index is 1.43. The number of methoxy groups -OCH3 is 1. The zero-order valence-electron chi connectivity index (χ0n) is 14.8. The lowest BCUT2D eigenvalue weighted by Gasteiger charge is -2.45. The Morgan fingerprint density at radius 2 is 1.19 bits per heavy atom. The van der Waals surface area contributed by atoms with Gasteiger partial charge in [0, 0.05) is 10.6 Å². The summed E-state index contributed by atoms with van der Waals surface area (Å²) < 4.78 is 29.4. The van der Waals surface area contributed by atoms with E-state index in [1.807, 2.05) is 54.6 Å². The summed E-state index contributed by atoms with van der Waals surface area (Å²) in [5.41, 5.74) is -0.369. The summed E-state index contributed by atoms with van der Waals surface area (Å²) in [6, 6.07) is 17.3. The molecule has 0 amide bonds. The van der Waals surface area contributed by atoms with Crippen LogP contribution in [0.2, 0.25) is 0 Å². The molecule has 0 aromatic heterocycles. The minimum absolute atomic E-state index is 0.369. The topological polar surface area (TPSA) is 46.2 Å². The predicted molar refractivity (Wildman–Crippen MR) is 114 cm³/mol. The van der Waals surface area contributed by atoms with E-state index in [1.165, 1.54) is 0 Å². The molecule has 2 aromatic carbocycles. The van der Waals surface area contributed by atoms with Crippen LogP contribution in [0.4, 0.5) is 0 Å². The van der Waals surface area contributed by atoms with E-state index in [4.69, 9.17) is 46.4 Å². The first-order chi connectivity index (χ1) is 13.0. The molecule has 9 heteroatoms. The van der Waals surface area contributed by atoms with Crippen LogP contribution in [0.5, 0.6) is 5.75 Å². The Morgan fingerprint density at radius 3 is 1.63 bits per heavy atom. The molecule has 2 fully saturated rings. The maximum Gasteiger partial charge on any atom is 0.219 e. The predicted octanol–water partition coefficient (Wildman–Crippen LogP) is 3.35. The SMILES string of the molecule is COc1ccc(P2(=S)OCC3(COP(=S)(c4ccccc4)OC3)CO2)cc1. The monoisotopic (exact) mass is 442 g/mol. The van der Waals surface area contributed by atoms with Gasteiger partial charge in [-0.3, -0.25) is 0 Å². The molecule has 0 unspecified atom stereocenters. The van der Waals surface area contributed by atoms with Gasteiger partial charge in [-0.25, -0.2) is 0 Å². The summed E-state index contributed by atoms with van der Waals surface area (Å²) in [4.78, 5) is 0. The van der Waals surface area contributed by atoms with Crippen LogP contribution in [0.15, 0.2) is 54.6 Å². The van der Waals surface area contributed by atoms with Crippen molar-refractivity contribution in [3.05, 3.63) is 54.6 Å². The van der Waals surface area contributed by atoms with Crippen molar-refractivity contribution >= 4 is 47.2 Å². The third kappa shape index (κ3) is 3.93. The fourth-order valence-corrected chi connectivity index (χ4v) is 7.82. The van der Waals surface area contributed by atoms with Crippen molar-refractivity contribution in [2.24, 2.45) is 5.41 Å². The first kappa shape index (κ1) is 19.7. The molecule has 144 valence electrons. The third-order valence-corrected chi connectivity index (χ3v) is 10.9. The van der Waals surface area contributed by atoms with E-state index in [9.17, 15) is 0 Å². The van der Waals surface area contributed by atoms with E-state index < -0.39 is 13.0 Å². The molecule has 2 saturated heterocycles. The molecule has 2 aromatic rings. The average Bonchev–Trinajstić information content (AvgIpc) is 2.73. The maximum atomic E-state index is 6.07. The second-order valence-corrected chi connectivity index (χ2v) is 13.6. The van der Waals surface area contributed by atoms with Crippen molar-refractivity contribution in [1.82, 2.24) is 0 Å². The molecule has 27 heavy (non-hydrogen) atoms. The number of rotatable bonds is 3. The van der Waals surface area contributed by atoms with E-state index >= 15 is 0 Å². The molecule has 0 atom stereocenters. The quantitative estimate of drug-likeness (QED) is 0.676. The van der Waals surface area contributed by atoms with Gasteiger partial charge in [-0.2, -0.15) is 0 Å². The lowest BCUT2D eigenvalue weighted by Crippen LogP contribution is -2.47. The minimum atomic E-state index is -2.53. The molecule has 0 saturated carbocycles. The normalized spacial score (nSPS) is 33.7. The fourth-order valence-electron chi connectivity index (χ4n) is 2.89. The number of benzene rings is 2. The standard InChI is InChI=1S/C18H20O5P2S2/c1-19-15-7-9-17(10-8-15)25(27)22-13-18(14-23-25)11-20-24(26,21-12-18)16-5-3-2-4-6-16/h2-10H,11-14H2,1H3. The molecule has 0 radical (unpaired) electrons. The second-order valence-electron chi connectivity index (χ2n) is 6.62. The van der Waals surface area contributed by atoms with Crippen molar-refractivity contribution in [2.45, 2.75) is 0 Å². The van der Waals surface area contributed by atoms with Crippen molar-refractivity contribution in [2.75, 3.05) is 33.5 Å². The summed E-state index contributed by atoms with van der Waals surface area (Å²) in [5, 5.41) is 1.80. The first-order valence-corrected chi connectivity index (χ1v) is 13.7. The highest BCUT2D eigenvalue weighted by molar-refractivity contribution is 8.13. The molecule has 5 nitrogen and oxygen atoms in total. The maximum absolute atomic E-state index is 6.07. The number of hydrogen-bond donors (Lipinski definition) is 0. The summed E-state index contributed by atoms with van der Waals surface area (Å²) in [7, 11) is 1.63. The number of ether oxygens (including phenoxy) is 1. The van der Waals surface area contributed by atoms with Crippen molar-refractivity contribution in [3.63, 3.8) is 0 Å². The summed E-state index contributed by atoms with van der Waals surface area (Å²) in [5.74, 6) is 0.773. The number of hydrogen-bond acceptors (Lipinski definition) is 7. The summed E-state index contributed by atoms with van der Waals surface area (Å²) >= 11 is 11.4. The van der Waals surface area contributed by atoms with Gasteiger partial charge >= 0.3 is 0 Å². The Labute approximate surface area is 169 Å². The Kier molecular flexibility index (Phi) is 5.58. The van der Waals surface area contributed by atoms with Gasteiger partial charge < -0.3 is 22.8 Å². The molecule has 2 aliphatic heterocycles. The average molecular weight is 442 g/mol. The molecule has 2 aliphatic rings. The van der Waals surface area contributed by atoms with Crippen LogP contribution in [0.3, 0.4) is 0 Å². The molecule has 2 heterocycles. The third-order valence-electron chi connectivity index (χ3n) is 4.62. The van der Waals surface area contributed by atoms with Gasteiger partial charge in [0.1, 0.15) is 5.75 Å². The molecule has 0 N–H and O–H groups in total. The van der Waals surface area contributed by atoms with Gasteiger partial charge in [-0.05, 0) is 60.0 Å². The van der Waals surface area contributed by atoms with Crippen molar-refractivity contribution < 1.29 is 22.8 Å². The van der Waals surface area contributed by atoms with Gasteiger partial charge in [0.15, 0.2) is 0 Å². The Morgan fingerprint density at radius 1 is 0.741 bits per heavy atom. The van der Waals surface area contributed by atoms with E-state index in [0.717, 1.165) is 16.4 Å². The molecule has 0 bridgehead atoms. The van der Waals surface area contributed by atoms with Gasteiger partial charge in [-0.15, -0.1) is 0 Å². The van der Waals surface area contributed by atoms with Crippen molar-refractivity contribution in [3.8, 4) is 5.75 Å². The smallest absolute Gasteiger partial charge is 0.219 e. The lowest BCUT2D eigenvalue weighted by molar-refractivity contribution is -0.0512.